The van der Waals surface area contributed by atoms with Crippen LogP contribution in [0.3, 0.4) is 0 Å². The molecular weight excluding hydrogens is 276 g/mol. The zero-order valence-electron chi connectivity index (χ0n) is 12.0. The lowest BCUT2D eigenvalue weighted by molar-refractivity contribution is -0.116. The van der Waals surface area contributed by atoms with Crippen molar-refractivity contribution in [1.29, 1.82) is 0 Å². The van der Waals surface area contributed by atoms with Crippen LogP contribution in [0, 0.1) is 0 Å². The summed E-state index contributed by atoms with van der Waals surface area (Å²) in [6.45, 7) is 0.747. The summed E-state index contributed by atoms with van der Waals surface area (Å²) in [5.41, 5.74) is 6.91. The maximum absolute atomic E-state index is 11.8. The first kappa shape index (κ1) is 16.7. The monoisotopic (exact) mass is 298 g/mol. The summed E-state index contributed by atoms with van der Waals surface area (Å²) in [4.78, 5) is 11.8. The van der Waals surface area contributed by atoms with Gasteiger partial charge in [-0.15, -0.1) is 0 Å². The average molecular weight is 298 g/mol. The van der Waals surface area contributed by atoms with E-state index in [1.165, 1.54) is 0 Å². The highest BCUT2D eigenvalue weighted by molar-refractivity contribution is 7.99. The number of nitrogens with two attached hydrogens (primary N) is 1. The van der Waals surface area contributed by atoms with E-state index in [1.807, 2.05) is 0 Å². The summed E-state index contributed by atoms with van der Waals surface area (Å²) >= 11 is 1.79. The number of rotatable bonds is 9. The summed E-state index contributed by atoms with van der Waals surface area (Å²) < 4.78 is 10.1. The first-order valence-corrected chi connectivity index (χ1v) is 7.63. The maximum atomic E-state index is 11.8. The molecule has 1 aromatic carbocycles. The Morgan fingerprint density at radius 2 is 2.15 bits per heavy atom. The number of thioether (sulfide) groups is 1. The number of hydrogen-bond acceptors (Lipinski definition) is 5. The Morgan fingerprint density at radius 3 is 2.85 bits per heavy atom. The number of amides is 1. The summed E-state index contributed by atoms with van der Waals surface area (Å²) in [5.74, 6) is 2.50. The molecule has 20 heavy (non-hydrogen) atoms. The Morgan fingerprint density at radius 1 is 1.35 bits per heavy atom. The van der Waals surface area contributed by atoms with Crippen LogP contribution in [0.25, 0.3) is 0 Å². The molecule has 0 aromatic heterocycles. The first-order valence-electron chi connectivity index (χ1n) is 6.47. The Balaban J connectivity index is 2.33. The van der Waals surface area contributed by atoms with E-state index in [0.29, 0.717) is 23.5 Å². The predicted molar refractivity (Wildman–Crippen MR) is 84.5 cm³/mol. The number of carbonyl (C=O) groups is 1. The molecule has 0 aliphatic heterocycles. The topological polar surface area (TPSA) is 73.6 Å². The third kappa shape index (κ3) is 6.16. The van der Waals surface area contributed by atoms with Crippen molar-refractivity contribution in [2.45, 2.75) is 12.8 Å². The van der Waals surface area contributed by atoms with E-state index in [4.69, 9.17) is 15.2 Å². The van der Waals surface area contributed by atoms with Gasteiger partial charge in [0.1, 0.15) is 5.75 Å². The number of nitrogen functional groups attached to an aromatic ring is 1. The molecule has 5 nitrogen and oxygen atoms in total. The number of benzene rings is 1. The Hall–Kier alpha value is -1.40. The van der Waals surface area contributed by atoms with Crippen molar-refractivity contribution in [3.63, 3.8) is 0 Å². The minimum Gasteiger partial charge on any atom is -0.495 e. The molecule has 0 fully saturated rings. The third-order valence-corrected chi connectivity index (χ3v) is 3.65. The van der Waals surface area contributed by atoms with Crippen LogP contribution < -0.4 is 15.8 Å². The fourth-order valence-electron chi connectivity index (χ4n) is 1.62. The zero-order valence-corrected chi connectivity index (χ0v) is 12.8. The Labute approximate surface area is 124 Å². The molecule has 112 valence electrons. The molecule has 6 heteroatoms. The van der Waals surface area contributed by atoms with Crippen molar-refractivity contribution >= 4 is 29.0 Å². The number of anilines is 2. The van der Waals surface area contributed by atoms with Gasteiger partial charge in [-0.05, 0) is 30.4 Å². The van der Waals surface area contributed by atoms with Crippen molar-refractivity contribution in [3.05, 3.63) is 18.2 Å². The number of carbonyl (C=O) groups excluding carboxylic acids is 1. The van der Waals surface area contributed by atoms with Gasteiger partial charge in [-0.1, -0.05) is 0 Å². The number of nitrogens with one attached hydrogen (secondary N) is 1. The van der Waals surface area contributed by atoms with Gasteiger partial charge in [0.05, 0.1) is 19.4 Å². The lowest BCUT2D eigenvalue weighted by Crippen LogP contribution is -2.12. The van der Waals surface area contributed by atoms with E-state index in [0.717, 1.165) is 24.5 Å². The molecule has 0 saturated carbocycles. The van der Waals surface area contributed by atoms with Crippen LogP contribution in [0.15, 0.2) is 18.2 Å². The number of hydrogen-bond donors (Lipinski definition) is 2. The quantitative estimate of drug-likeness (QED) is 0.541. The molecule has 0 aliphatic carbocycles. The minimum absolute atomic E-state index is 0.0266. The van der Waals surface area contributed by atoms with E-state index in [-0.39, 0.29) is 5.91 Å². The van der Waals surface area contributed by atoms with Crippen molar-refractivity contribution in [2.75, 3.05) is 43.4 Å². The summed E-state index contributed by atoms with van der Waals surface area (Å²) in [5, 5.41) is 2.83. The van der Waals surface area contributed by atoms with Crippen molar-refractivity contribution < 1.29 is 14.3 Å². The second-order valence-electron chi connectivity index (χ2n) is 4.22. The van der Waals surface area contributed by atoms with Crippen molar-refractivity contribution in [1.82, 2.24) is 0 Å². The summed E-state index contributed by atoms with van der Waals surface area (Å²) in [6, 6.07) is 5.18. The minimum atomic E-state index is -0.0266. The molecule has 0 bridgehead atoms. The van der Waals surface area contributed by atoms with Gasteiger partial charge < -0.3 is 20.5 Å². The van der Waals surface area contributed by atoms with Gasteiger partial charge in [-0.2, -0.15) is 11.8 Å². The Bertz CT molecular complexity index is 427. The van der Waals surface area contributed by atoms with Crippen LogP contribution in [-0.2, 0) is 9.53 Å². The lowest BCUT2D eigenvalue weighted by Gasteiger charge is -2.10. The van der Waals surface area contributed by atoms with Crippen LogP contribution in [0.5, 0.6) is 5.75 Å². The van der Waals surface area contributed by atoms with Gasteiger partial charge in [-0.25, -0.2) is 0 Å². The van der Waals surface area contributed by atoms with Gasteiger partial charge in [-0.3, -0.25) is 4.79 Å². The van der Waals surface area contributed by atoms with Gasteiger partial charge in [0.2, 0.25) is 5.91 Å². The van der Waals surface area contributed by atoms with E-state index in [2.05, 4.69) is 5.32 Å². The van der Waals surface area contributed by atoms with E-state index in [1.54, 1.807) is 44.2 Å². The second-order valence-corrected chi connectivity index (χ2v) is 5.44. The molecule has 0 radical (unpaired) electrons. The standard InChI is InChI=1S/C14H22N2O3S/c1-18-7-9-20-8-3-4-14(17)16-12-10-11(15)5-6-13(12)19-2/h5-6,10H,3-4,7-9,15H2,1-2H3,(H,16,17). The molecule has 0 atom stereocenters. The smallest absolute Gasteiger partial charge is 0.224 e. The normalized spacial score (nSPS) is 10.3. The number of methoxy groups -OCH3 is 2. The van der Waals surface area contributed by atoms with Crippen LogP contribution in [-0.4, -0.2) is 38.2 Å². The van der Waals surface area contributed by atoms with E-state index < -0.39 is 0 Å². The lowest BCUT2D eigenvalue weighted by atomic mass is 10.2. The molecule has 1 aromatic rings. The van der Waals surface area contributed by atoms with E-state index >= 15 is 0 Å². The molecule has 1 amide bonds. The first-order chi connectivity index (χ1) is 9.67. The van der Waals surface area contributed by atoms with Crippen molar-refractivity contribution in [2.24, 2.45) is 0 Å². The predicted octanol–water partition coefficient (Wildman–Crippen LogP) is 2.38. The largest absolute Gasteiger partial charge is 0.495 e. The van der Waals surface area contributed by atoms with Gasteiger partial charge in [0.15, 0.2) is 0 Å². The van der Waals surface area contributed by atoms with Crippen molar-refractivity contribution in [3.8, 4) is 5.75 Å². The number of ether oxygens (including phenoxy) is 2. The second kappa shape index (κ2) is 9.50. The third-order valence-electron chi connectivity index (χ3n) is 2.62. The molecule has 0 spiro atoms. The molecule has 0 saturated heterocycles. The Kier molecular flexibility index (Phi) is 7.91. The van der Waals surface area contributed by atoms with E-state index in [9.17, 15) is 4.79 Å². The highest BCUT2D eigenvalue weighted by atomic mass is 32.2. The highest BCUT2D eigenvalue weighted by Crippen LogP contribution is 2.26. The maximum Gasteiger partial charge on any atom is 0.224 e. The molecule has 1 rings (SSSR count). The summed E-state index contributed by atoms with van der Waals surface area (Å²) in [6.07, 6.45) is 1.32. The van der Waals surface area contributed by atoms with Crippen LogP contribution >= 0.6 is 11.8 Å². The zero-order chi connectivity index (χ0) is 14.8. The average Bonchev–Trinajstić information content (AvgIpc) is 2.43. The molecule has 3 N–H and O–H groups in total. The van der Waals surface area contributed by atoms with Gasteiger partial charge in [0, 0.05) is 25.0 Å². The van der Waals surface area contributed by atoms with Crippen LogP contribution in [0.4, 0.5) is 11.4 Å². The highest BCUT2D eigenvalue weighted by Gasteiger charge is 2.07. The summed E-state index contributed by atoms with van der Waals surface area (Å²) in [7, 11) is 3.25. The fourth-order valence-corrected chi connectivity index (χ4v) is 2.45. The van der Waals surface area contributed by atoms with Crippen LogP contribution in [0.1, 0.15) is 12.8 Å². The van der Waals surface area contributed by atoms with Crippen LogP contribution in [0.2, 0.25) is 0 Å². The van der Waals surface area contributed by atoms with Gasteiger partial charge >= 0.3 is 0 Å². The molecule has 0 heterocycles. The molecule has 0 unspecified atom stereocenters. The van der Waals surface area contributed by atoms with Gasteiger partial charge in [0.25, 0.3) is 0 Å². The fraction of sp³-hybridized carbons (Fsp3) is 0.500. The SMILES string of the molecule is COCCSCCCC(=O)Nc1cc(N)ccc1OC. The molecule has 0 aliphatic rings. The molecular formula is C14H22N2O3S.